The van der Waals surface area contributed by atoms with Gasteiger partial charge in [0.2, 0.25) is 5.88 Å². The van der Waals surface area contributed by atoms with Crippen LogP contribution in [-0.4, -0.2) is 16.6 Å². The van der Waals surface area contributed by atoms with E-state index in [9.17, 15) is 0 Å². The number of hydrogen-bond acceptors (Lipinski definition) is 4. The number of aromatic nitrogens is 2. The SMILES string of the molecule is C=C(C)CCOc1cncc(CN)n1. The van der Waals surface area contributed by atoms with E-state index in [-0.39, 0.29) is 0 Å². The highest BCUT2D eigenvalue weighted by Gasteiger charge is 1.97. The monoisotopic (exact) mass is 193 g/mol. The summed E-state index contributed by atoms with van der Waals surface area (Å²) in [6.45, 7) is 6.71. The third-order valence-corrected chi connectivity index (χ3v) is 1.65. The molecule has 2 N–H and O–H groups in total. The van der Waals surface area contributed by atoms with E-state index >= 15 is 0 Å². The fourth-order valence-electron chi connectivity index (χ4n) is 0.884. The Morgan fingerprint density at radius 1 is 1.57 bits per heavy atom. The molecular formula is C10H15N3O. The molecule has 0 fully saturated rings. The maximum absolute atomic E-state index is 5.42. The van der Waals surface area contributed by atoms with Gasteiger partial charge >= 0.3 is 0 Å². The minimum atomic E-state index is 0.380. The number of ether oxygens (including phenoxy) is 1. The molecule has 0 amide bonds. The summed E-state index contributed by atoms with van der Waals surface area (Å²) in [6, 6.07) is 0. The average molecular weight is 193 g/mol. The lowest BCUT2D eigenvalue weighted by Gasteiger charge is -2.05. The standard InChI is InChI=1S/C10H15N3O/c1-8(2)3-4-14-10-7-12-6-9(5-11)13-10/h6-7H,1,3-5,11H2,2H3. The third-order valence-electron chi connectivity index (χ3n) is 1.65. The van der Waals surface area contributed by atoms with Gasteiger partial charge in [0.05, 0.1) is 18.5 Å². The molecule has 0 aliphatic heterocycles. The molecule has 4 heteroatoms. The highest BCUT2D eigenvalue weighted by Crippen LogP contribution is 2.06. The third kappa shape index (κ3) is 3.53. The van der Waals surface area contributed by atoms with Crippen LogP contribution in [0.2, 0.25) is 0 Å². The number of nitrogens with two attached hydrogens (primary N) is 1. The summed E-state index contributed by atoms with van der Waals surface area (Å²) in [5, 5.41) is 0. The molecule has 0 bridgehead atoms. The van der Waals surface area contributed by atoms with Crippen LogP contribution >= 0.6 is 0 Å². The Bertz CT molecular complexity index is 312. The second-order valence-corrected chi connectivity index (χ2v) is 3.11. The Balaban J connectivity index is 2.46. The maximum Gasteiger partial charge on any atom is 0.232 e. The quantitative estimate of drug-likeness (QED) is 0.715. The smallest absolute Gasteiger partial charge is 0.232 e. The first-order valence-corrected chi connectivity index (χ1v) is 4.50. The van der Waals surface area contributed by atoms with Crippen LogP contribution in [0.4, 0.5) is 0 Å². The number of hydrogen-bond donors (Lipinski definition) is 1. The number of nitrogens with zero attached hydrogens (tertiary/aromatic N) is 2. The highest BCUT2D eigenvalue weighted by atomic mass is 16.5. The van der Waals surface area contributed by atoms with Gasteiger partial charge in [-0.05, 0) is 6.92 Å². The van der Waals surface area contributed by atoms with Crippen LogP contribution in [0.3, 0.4) is 0 Å². The minimum absolute atomic E-state index is 0.380. The van der Waals surface area contributed by atoms with Crippen molar-refractivity contribution in [3.05, 3.63) is 30.2 Å². The van der Waals surface area contributed by atoms with Gasteiger partial charge in [0.1, 0.15) is 0 Å². The Labute approximate surface area is 83.8 Å². The fourth-order valence-corrected chi connectivity index (χ4v) is 0.884. The van der Waals surface area contributed by atoms with Gasteiger partial charge in [-0.25, -0.2) is 4.98 Å². The molecule has 14 heavy (non-hydrogen) atoms. The zero-order chi connectivity index (χ0) is 10.4. The molecule has 1 aromatic heterocycles. The summed E-state index contributed by atoms with van der Waals surface area (Å²) in [6.07, 6.45) is 4.04. The molecule has 1 heterocycles. The van der Waals surface area contributed by atoms with Crippen LogP contribution in [0.15, 0.2) is 24.5 Å². The van der Waals surface area contributed by atoms with E-state index in [0.29, 0.717) is 19.0 Å². The van der Waals surface area contributed by atoms with E-state index in [1.807, 2.05) is 6.92 Å². The molecule has 1 aromatic rings. The Kier molecular flexibility index (Phi) is 4.07. The van der Waals surface area contributed by atoms with Crippen LogP contribution in [0.25, 0.3) is 0 Å². The summed E-state index contributed by atoms with van der Waals surface area (Å²) in [5.41, 5.74) is 7.25. The largest absolute Gasteiger partial charge is 0.476 e. The lowest BCUT2D eigenvalue weighted by Crippen LogP contribution is -2.04. The second kappa shape index (κ2) is 5.34. The first kappa shape index (κ1) is 10.7. The maximum atomic E-state index is 5.42. The van der Waals surface area contributed by atoms with Crippen LogP contribution in [0, 0.1) is 0 Å². The molecule has 0 saturated heterocycles. The predicted molar refractivity (Wildman–Crippen MR) is 54.8 cm³/mol. The van der Waals surface area contributed by atoms with E-state index < -0.39 is 0 Å². The van der Waals surface area contributed by atoms with Gasteiger partial charge in [-0.15, -0.1) is 6.58 Å². The molecule has 0 aromatic carbocycles. The van der Waals surface area contributed by atoms with Crippen molar-refractivity contribution in [3.8, 4) is 5.88 Å². The molecule has 4 nitrogen and oxygen atoms in total. The van der Waals surface area contributed by atoms with Crippen molar-refractivity contribution in [3.63, 3.8) is 0 Å². The van der Waals surface area contributed by atoms with E-state index in [0.717, 1.165) is 17.7 Å². The zero-order valence-corrected chi connectivity index (χ0v) is 8.36. The first-order valence-electron chi connectivity index (χ1n) is 4.50. The van der Waals surface area contributed by atoms with E-state index in [1.54, 1.807) is 12.4 Å². The normalized spacial score (nSPS) is 9.86. The Hall–Kier alpha value is -1.42. The van der Waals surface area contributed by atoms with Gasteiger partial charge in [0.15, 0.2) is 0 Å². The highest BCUT2D eigenvalue weighted by molar-refractivity contribution is 5.08. The molecule has 0 spiro atoms. The van der Waals surface area contributed by atoms with Gasteiger partial charge in [-0.2, -0.15) is 0 Å². The van der Waals surface area contributed by atoms with Crippen LogP contribution in [0.1, 0.15) is 19.0 Å². The molecule has 0 aliphatic carbocycles. The van der Waals surface area contributed by atoms with Crippen molar-refractivity contribution >= 4 is 0 Å². The molecule has 0 radical (unpaired) electrons. The van der Waals surface area contributed by atoms with Crippen molar-refractivity contribution in [2.24, 2.45) is 5.73 Å². The van der Waals surface area contributed by atoms with Crippen molar-refractivity contribution in [2.45, 2.75) is 19.9 Å². The first-order chi connectivity index (χ1) is 6.72. The summed E-state index contributed by atoms with van der Waals surface area (Å²) in [4.78, 5) is 8.11. The van der Waals surface area contributed by atoms with Gasteiger partial charge in [-0.1, -0.05) is 5.57 Å². The molecular weight excluding hydrogens is 178 g/mol. The minimum Gasteiger partial charge on any atom is -0.476 e. The van der Waals surface area contributed by atoms with Crippen molar-refractivity contribution in [1.82, 2.24) is 9.97 Å². The molecule has 0 unspecified atom stereocenters. The van der Waals surface area contributed by atoms with Gasteiger partial charge in [0, 0.05) is 19.2 Å². The number of rotatable bonds is 5. The van der Waals surface area contributed by atoms with Gasteiger partial charge in [0.25, 0.3) is 0 Å². The van der Waals surface area contributed by atoms with Crippen LogP contribution in [0.5, 0.6) is 5.88 Å². The van der Waals surface area contributed by atoms with E-state index in [2.05, 4.69) is 16.5 Å². The summed E-state index contributed by atoms with van der Waals surface area (Å²) in [7, 11) is 0. The van der Waals surface area contributed by atoms with Crippen molar-refractivity contribution in [2.75, 3.05) is 6.61 Å². The summed E-state index contributed by atoms with van der Waals surface area (Å²) in [5.74, 6) is 0.522. The van der Waals surface area contributed by atoms with Crippen molar-refractivity contribution in [1.29, 1.82) is 0 Å². The summed E-state index contributed by atoms with van der Waals surface area (Å²) < 4.78 is 5.37. The fraction of sp³-hybridized carbons (Fsp3) is 0.400. The average Bonchev–Trinajstić information content (AvgIpc) is 2.18. The molecule has 0 atom stereocenters. The lowest BCUT2D eigenvalue weighted by atomic mass is 10.3. The Morgan fingerprint density at radius 2 is 2.36 bits per heavy atom. The van der Waals surface area contributed by atoms with Crippen LogP contribution < -0.4 is 10.5 Å². The molecule has 76 valence electrons. The van der Waals surface area contributed by atoms with E-state index in [4.69, 9.17) is 10.5 Å². The molecule has 0 saturated carbocycles. The topological polar surface area (TPSA) is 61.0 Å². The van der Waals surface area contributed by atoms with E-state index in [1.165, 1.54) is 0 Å². The summed E-state index contributed by atoms with van der Waals surface area (Å²) >= 11 is 0. The van der Waals surface area contributed by atoms with Gasteiger partial charge < -0.3 is 10.5 Å². The second-order valence-electron chi connectivity index (χ2n) is 3.11. The zero-order valence-electron chi connectivity index (χ0n) is 8.36. The Morgan fingerprint density at radius 3 is 3.00 bits per heavy atom. The molecule has 0 aliphatic rings. The molecule has 1 rings (SSSR count). The predicted octanol–water partition coefficient (Wildman–Crippen LogP) is 1.28. The van der Waals surface area contributed by atoms with Crippen LogP contribution in [-0.2, 0) is 6.54 Å². The van der Waals surface area contributed by atoms with Gasteiger partial charge in [-0.3, -0.25) is 4.98 Å². The van der Waals surface area contributed by atoms with Crippen molar-refractivity contribution < 1.29 is 4.74 Å². The lowest BCUT2D eigenvalue weighted by molar-refractivity contribution is 0.307.